The summed E-state index contributed by atoms with van der Waals surface area (Å²) in [5.74, 6) is 0. The molecule has 158 valence electrons. The molecule has 0 saturated carbocycles. The second-order valence-corrected chi connectivity index (χ2v) is 9.37. The van der Waals surface area contributed by atoms with Gasteiger partial charge >= 0.3 is 0 Å². The maximum absolute atomic E-state index is 2.36. The molecule has 0 fully saturated rings. The van der Waals surface area contributed by atoms with Crippen molar-refractivity contribution in [2.75, 3.05) is 4.90 Å². The fourth-order valence-corrected chi connectivity index (χ4v) is 5.60. The van der Waals surface area contributed by atoms with Crippen LogP contribution in [0, 0.1) is 0 Å². The van der Waals surface area contributed by atoms with Gasteiger partial charge in [0.05, 0.1) is 0 Å². The van der Waals surface area contributed by atoms with Crippen molar-refractivity contribution in [3.05, 3.63) is 139 Å². The maximum atomic E-state index is 2.36. The SMILES string of the molecule is c1ccc(Cc2cccc(N(c3ccccc3)c3ccc4sc5ccccc5c4c3)c2)cc1. The lowest BCUT2D eigenvalue weighted by Crippen LogP contribution is -2.10. The highest BCUT2D eigenvalue weighted by Gasteiger charge is 2.15. The minimum Gasteiger partial charge on any atom is -0.310 e. The van der Waals surface area contributed by atoms with Gasteiger partial charge in [0.2, 0.25) is 0 Å². The molecule has 0 saturated heterocycles. The lowest BCUT2D eigenvalue weighted by molar-refractivity contribution is 1.18. The normalized spacial score (nSPS) is 11.2. The van der Waals surface area contributed by atoms with Gasteiger partial charge in [-0.3, -0.25) is 0 Å². The number of para-hydroxylation sites is 1. The number of fused-ring (bicyclic) bond motifs is 3. The van der Waals surface area contributed by atoms with E-state index in [2.05, 4.69) is 132 Å². The molecule has 0 aliphatic rings. The fourth-order valence-electron chi connectivity index (χ4n) is 4.51. The van der Waals surface area contributed by atoms with Crippen molar-refractivity contribution in [1.29, 1.82) is 0 Å². The summed E-state index contributed by atoms with van der Waals surface area (Å²) in [6, 6.07) is 45.8. The smallest absolute Gasteiger partial charge is 0.0468 e. The average Bonchev–Trinajstić information content (AvgIpc) is 3.24. The van der Waals surface area contributed by atoms with Crippen LogP contribution in [0.5, 0.6) is 0 Å². The van der Waals surface area contributed by atoms with Gasteiger partial charge in [0.15, 0.2) is 0 Å². The van der Waals surface area contributed by atoms with Crippen LogP contribution in [0.2, 0.25) is 0 Å². The van der Waals surface area contributed by atoms with Crippen LogP contribution >= 0.6 is 11.3 Å². The van der Waals surface area contributed by atoms with Crippen LogP contribution in [0.3, 0.4) is 0 Å². The first-order valence-corrected chi connectivity index (χ1v) is 12.1. The van der Waals surface area contributed by atoms with Crippen LogP contribution in [0.25, 0.3) is 20.2 Å². The Morgan fingerprint density at radius 1 is 0.455 bits per heavy atom. The third-order valence-corrected chi connectivity index (χ3v) is 7.20. The van der Waals surface area contributed by atoms with Crippen LogP contribution in [-0.4, -0.2) is 0 Å². The van der Waals surface area contributed by atoms with Crippen LogP contribution in [0.4, 0.5) is 17.1 Å². The summed E-state index contributed by atoms with van der Waals surface area (Å²) in [6.45, 7) is 0. The van der Waals surface area contributed by atoms with E-state index in [4.69, 9.17) is 0 Å². The standard InChI is InChI=1S/C31H23NS/c1-3-10-23(11-4-1)20-24-12-9-15-26(21-24)32(25-13-5-2-6-14-25)27-18-19-31-29(22-27)28-16-7-8-17-30(28)33-31/h1-19,21-22H,20H2. The van der Waals surface area contributed by atoms with Gasteiger partial charge < -0.3 is 4.90 Å². The molecule has 1 nitrogen and oxygen atoms in total. The molecule has 0 bridgehead atoms. The van der Waals surface area contributed by atoms with Gasteiger partial charge in [0, 0.05) is 37.2 Å². The Bertz CT molecular complexity index is 1530. The summed E-state index contributed by atoms with van der Waals surface area (Å²) in [6.07, 6.45) is 0.922. The van der Waals surface area contributed by atoms with E-state index in [9.17, 15) is 0 Å². The second kappa shape index (κ2) is 8.57. The van der Waals surface area contributed by atoms with E-state index < -0.39 is 0 Å². The number of nitrogens with zero attached hydrogens (tertiary/aromatic N) is 1. The van der Waals surface area contributed by atoms with E-state index in [0.717, 1.165) is 12.1 Å². The molecule has 0 radical (unpaired) electrons. The Balaban J connectivity index is 1.48. The number of hydrogen-bond acceptors (Lipinski definition) is 2. The van der Waals surface area contributed by atoms with E-state index in [1.165, 1.54) is 42.7 Å². The van der Waals surface area contributed by atoms with Gasteiger partial charge in [-0.25, -0.2) is 0 Å². The molecule has 5 aromatic carbocycles. The Morgan fingerprint density at radius 3 is 1.94 bits per heavy atom. The van der Waals surface area contributed by atoms with Crippen LogP contribution in [-0.2, 0) is 6.42 Å². The Morgan fingerprint density at radius 2 is 1.09 bits per heavy atom. The summed E-state index contributed by atoms with van der Waals surface area (Å²) in [5.41, 5.74) is 6.14. The van der Waals surface area contributed by atoms with E-state index in [1.807, 2.05) is 11.3 Å². The molecule has 0 N–H and O–H groups in total. The molecule has 0 atom stereocenters. The second-order valence-electron chi connectivity index (χ2n) is 8.28. The monoisotopic (exact) mass is 441 g/mol. The Kier molecular flexibility index (Phi) is 5.14. The van der Waals surface area contributed by atoms with Crippen molar-refractivity contribution < 1.29 is 0 Å². The van der Waals surface area contributed by atoms with E-state index in [-0.39, 0.29) is 0 Å². The summed E-state index contributed by atoms with van der Waals surface area (Å²) in [5, 5.41) is 2.64. The van der Waals surface area contributed by atoms with Gasteiger partial charge in [0.25, 0.3) is 0 Å². The number of hydrogen-bond donors (Lipinski definition) is 0. The molecule has 2 heteroatoms. The first-order chi connectivity index (χ1) is 16.3. The molecule has 1 heterocycles. The van der Waals surface area contributed by atoms with Crippen molar-refractivity contribution in [3.8, 4) is 0 Å². The van der Waals surface area contributed by atoms with Crippen LogP contribution in [0.1, 0.15) is 11.1 Å². The van der Waals surface area contributed by atoms with Crippen molar-refractivity contribution in [3.63, 3.8) is 0 Å². The third-order valence-electron chi connectivity index (χ3n) is 6.05. The van der Waals surface area contributed by atoms with Crippen molar-refractivity contribution >= 4 is 48.6 Å². The first kappa shape index (κ1) is 19.8. The molecular formula is C31H23NS. The zero-order valence-corrected chi connectivity index (χ0v) is 19.0. The third kappa shape index (κ3) is 3.90. The van der Waals surface area contributed by atoms with Crippen LogP contribution < -0.4 is 4.90 Å². The Hall–Kier alpha value is -3.88. The number of rotatable bonds is 5. The van der Waals surface area contributed by atoms with E-state index >= 15 is 0 Å². The minimum atomic E-state index is 0.922. The molecule has 0 aliphatic heterocycles. The largest absolute Gasteiger partial charge is 0.310 e. The predicted molar refractivity (Wildman–Crippen MR) is 143 cm³/mol. The lowest BCUT2D eigenvalue weighted by Gasteiger charge is -2.26. The summed E-state index contributed by atoms with van der Waals surface area (Å²) < 4.78 is 2.66. The minimum absolute atomic E-state index is 0.922. The molecule has 0 unspecified atom stereocenters. The first-order valence-electron chi connectivity index (χ1n) is 11.2. The molecule has 0 aliphatic carbocycles. The molecule has 1 aromatic heterocycles. The van der Waals surface area contributed by atoms with Crippen LogP contribution in [0.15, 0.2) is 127 Å². The van der Waals surface area contributed by atoms with Gasteiger partial charge in [-0.1, -0.05) is 78.9 Å². The number of benzene rings is 5. The molecular weight excluding hydrogens is 418 g/mol. The van der Waals surface area contributed by atoms with Gasteiger partial charge in [-0.05, 0) is 66.1 Å². The maximum Gasteiger partial charge on any atom is 0.0468 e. The molecule has 0 amide bonds. The van der Waals surface area contributed by atoms with Crippen molar-refractivity contribution in [2.45, 2.75) is 6.42 Å². The van der Waals surface area contributed by atoms with Gasteiger partial charge in [-0.15, -0.1) is 11.3 Å². The zero-order chi connectivity index (χ0) is 22.0. The van der Waals surface area contributed by atoms with E-state index in [0.29, 0.717) is 0 Å². The molecule has 6 rings (SSSR count). The highest BCUT2D eigenvalue weighted by atomic mass is 32.1. The van der Waals surface area contributed by atoms with Gasteiger partial charge in [-0.2, -0.15) is 0 Å². The Labute approximate surface area is 198 Å². The highest BCUT2D eigenvalue weighted by Crippen LogP contribution is 2.40. The number of thiophene rings is 1. The molecule has 0 spiro atoms. The topological polar surface area (TPSA) is 3.24 Å². The summed E-state index contributed by atoms with van der Waals surface area (Å²) >= 11 is 1.86. The lowest BCUT2D eigenvalue weighted by atomic mass is 10.0. The summed E-state index contributed by atoms with van der Waals surface area (Å²) in [4.78, 5) is 2.36. The summed E-state index contributed by atoms with van der Waals surface area (Å²) in [7, 11) is 0. The average molecular weight is 442 g/mol. The zero-order valence-electron chi connectivity index (χ0n) is 18.2. The predicted octanol–water partition coefficient (Wildman–Crippen LogP) is 9.12. The van der Waals surface area contributed by atoms with Crippen molar-refractivity contribution in [2.24, 2.45) is 0 Å². The highest BCUT2D eigenvalue weighted by molar-refractivity contribution is 7.25. The van der Waals surface area contributed by atoms with E-state index in [1.54, 1.807) is 0 Å². The molecule has 6 aromatic rings. The molecule has 33 heavy (non-hydrogen) atoms. The number of anilines is 3. The fraction of sp³-hybridized carbons (Fsp3) is 0.0323. The van der Waals surface area contributed by atoms with Gasteiger partial charge in [0.1, 0.15) is 0 Å². The van der Waals surface area contributed by atoms with Crippen molar-refractivity contribution in [1.82, 2.24) is 0 Å². The quantitative estimate of drug-likeness (QED) is 0.258.